The zero-order chi connectivity index (χ0) is 30.4. The highest BCUT2D eigenvalue weighted by Gasteiger charge is 2.37. The van der Waals surface area contributed by atoms with Crippen LogP contribution in [0.25, 0.3) is 0 Å². The number of carboxylic acids is 1. The maximum atomic E-state index is 13.0. The van der Waals surface area contributed by atoms with E-state index >= 15 is 0 Å². The minimum Gasteiger partial charge on any atom is -0.480 e. The molecule has 1 aliphatic rings. The lowest BCUT2D eigenvalue weighted by Crippen LogP contribution is -2.49. The SMILES string of the molecule is O=C(COC1CC(CNc2ccccn2)N(C(=O)OCc2ccccc2)C1)NCC(NC(=O)Cc1ccccc1)C(=O)O. The predicted octanol–water partition coefficient (Wildman–Crippen LogP) is 2.22. The number of carbonyl (C=O) groups excluding carboxylic acids is 3. The average Bonchev–Trinajstić information content (AvgIpc) is 3.44. The van der Waals surface area contributed by atoms with E-state index in [-0.39, 0.29) is 38.8 Å². The predicted molar refractivity (Wildman–Crippen MR) is 157 cm³/mol. The number of ether oxygens (including phenoxy) is 2. The molecule has 12 heteroatoms. The molecule has 1 aliphatic heterocycles. The number of aliphatic carboxylic acids is 1. The smallest absolute Gasteiger partial charge is 0.410 e. The van der Waals surface area contributed by atoms with Crippen LogP contribution in [0.3, 0.4) is 0 Å². The molecule has 2 heterocycles. The van der Waals surface area contributed by atoms with Crippen molar-refractivity contribution in [1.82, 2.24) is 20.5 Å². The molecule has 3 atom stereocenters. The van der Waals surface area contributed by atoms with E-state index in [1.807, 2.05) is 48.5 Å². The summed E-state index contributed by atoms with van der Waals surface area (Å²) in [6.45, 7) is 0.0753. The zero-order valence-corrected chi connectivity index (χ0v) is 23.6. The Hall–Kier alpha value is -4.97. The summed E-state index contributed by atoms with van der Waals surface area (Å²) in [4.78, 5) is 55.3. The molecule has 12 nitrogen and oxygen atoms in total. The second kappa shape index (κ2) is 15.9. The lowest BCUT2D eigenvalue weighted by Gasteiger charge is -2.24. The van der Waals surface area contributed by atoms with Crippen LogP contribution in [0.15, 0.2) is 85.1 Å². The topological polar surface area (TPSA) is 159 Å². The third-order valence-corrected chi connectivity index (χ3v) is 6.79. The van der Waals surface area contributed by atoms with E-state index in [1.165, 1.54) is 0 Å². The fraction of sp³-hybridized carbons (Fsp3) is 0.323. The fourth-order valence-electron chi connectivity index (χ4n) is 4.59. The number of benzene rings is 2. The Labute approximate surface area is 249 Å². The summed E-state index contributed by atoms with van der Waals surface area (Å²) >= 11 is 0. The number of carbonyl (C=O) groups is 4. The number of hydrogen-bond donors (Lipinski definition) is 4. The van der Waals surface area contributed by atoms with Gasteiger partial charge in [-0.05, 0) is 29.7 Å². The Morgan fingerprint density at radius 2 is 1.63 bits per heavy atom. The Morgan fingerprint density at radius 1 is 0.930 bits per heavy atom. The number of aromatic nitrogens is 1. The number of likely N-dealkylation sites (tertiary alicyclic amines) is 1. The molecule has 2 aromatic carbocycles. The van der Waals surface area contributed by atoms with Crippen molar-refractivity contribution in [1.29, 1.82) is 0 Å². The number of hydrogen-bond acceptors (Lipinski definition) is 8. The Kier molecular flexibility index (Phi) is 11.4. The standard InChI is InChI=1S/C31H35N5O7/c37-28(15-22-9-3-1-4-10-22)35-26(30(39)40)18-34-29(38)21-42-25-16-24(17-33-27-13-7-8-14-32-27)36(19-25)31(41)43-20-23-11-5-2-6-12-23/h1-14,24-26H,15-21H2,(H,32,33)(H,34,38)(H,35,37)(H,39,40). The minimum absolute atomic E-state index is 0.0179. The van der Waals surface area contributed by atoms with Crippen LogP contribution >= 0.6 is 0 Å². The highest BCUT2D eigenvalue weighted by molar-refractivity contribution is 5.85. The highest BCUT2D eigenvalue weighted by atomic mass is 16.6. The van der Waals surface area contributed by atoms with Gasteiger partial charge in [-0.1, -0.05) is 66.7 Å². The fourth-order valence-corrected chi connectivity index (χ4v) is 4.59. The Bertz CT molecular complexity index is 1340. The van der Waals surface area contributed by atoms with Crippen molar-refractivity contribution in [3.63, 3.8) is 0 Å². The quantitative estimate of drug-likeness (QED) is 0.221. The van der Waals surface area contributed by atoms with Crippen LogP contribution in [0.2, 0.25) is 0 Å². The van der Waals surface area contributed by atoms with Crippen molar-refractivity contribution in [2.24, 2.45) is 0 Å². The molecule has 1 aromatic heterocycles. The van der Waals surface area contributed by atoms with E-state index in [1.54, 1.807) is 41.4 Å². The molecule has 4 rings (SSSR count). The first-order chi connectivity index (χ1) is 20.9. The molecule has 0 radical (unpaired) electrons. The molecule has 4 N–H and O–H groups in total. The first-order valence-electron chi connectivity index (χ1n) is 13.9. The lowest BCUT2D eigenvalue weighted by molar-refractivity contribution is -0.141. The van der Waals surface area contributed by atoms with Crippen LogP contribution in [0.5, 0.6) is 0 Å². The largest absolute Gasteiger partial charge is 0.480 e. The van der Waals surface area contributed by atoms with Gasteiger partial charge in [0.15, 0.2) is 0 Å². The molecule has 226 valence electrons. The van der Waals surface area contributed by atoms with Crippen molar-refractivity contribution in [2.75, 3.05) is 31.6 Å². The van der Waals surface area contributed by atoms with Crippen LogP contribution in [-0.4, -0.2) is 83.3 Å². The summed E-state index contributed by atoms with van der Waals surface area (Å²) in [6, 6.07) is 22.2. The first-order valence-corrected chi connectivity index (χ1v) is 13.9. The van der Waals surface area contributed by atoms with Gasteiger partial charge in [-0.2, -0.15) is 0 Å². The van der Waals surface area contributed by atoms with Gasteiger partial charge < -0.3 is 35.4 Å². The second-order valence-electron chi connectivity index (χ2n) is 10.0. The Morgan fingerprint density at radius 3 is 2.30 bits per heavy atom. The van der Waals surface area contributed by atoms with Gasteiger partial charge >= 0.3 is 12.1 Å². The zero-order valence-electron chi connectivity index (χ0n) is 23.6. The number of nitrogens with zero attached hydrogens (tertiary/aromatic N) is 2. The van der Waals surface area contributed by atoms with Gasteiger partial charge in [-0.25, -0.2) is 14.6 Å². The van der Waals surface area contributed by atoms with Gasteiger partial charge in [0.25, 0.3) is 0 Å². The summed E-state index contributed by atoms with van der Waals surface area (Å²) in [7, 11) is 0. The van der Waals surface area contributed by atoms with Crippen LogP contribution in [0.1, 0.15) is 17.5 Å². The van der Waals surface area contributed by atoms with Gasteiger partial charge in [-0.3, -0.25) is 9.59 Å². The maximum Gasteiger partial charge on any atom is 0.410 e. The molecular formula is C31H35N5O7. The summed E-state index contributed by atoms with van der Waals surface area (Å²) in [6.07, 6.45) is 1.18. The molecular weight excluding hydrogens is 554 g/mol. The van der Waals surface area contributed by atoms with Gasteiger partial charge in [0.05, 0.1) is 25.1 Å². The van der Waals surface area contributed by atoms with E-state index in [2.05, 4.69) is 20.9 Å². The number of anilines is 1. The third kappa shape index (κ3) is 10.1. The van der Waals surface area contributed by atoms with E-state index in [0.29, 0.717) is 18.8 Å². The maximum absolute atomic E-state index is 13.0. The normalized spacial score (nSPS) is 16.6. The summed E-state index contributed by atoms with van der Waals surface area (Å²) < 4.78 is 11.3. The number of amides is 3. The molecule has 0 spiro atoms. The van der Waals surface area contributed by atoms with Crippen molar-refractivity contribution in [2.45, 2.75) is 37.6 Å². The van der Waals surface area contributed by atoms with Gasteiger partial charge in [0, 0.05) is 19.3 Å². The molecule has 3 unspecified atom stereocenters. The van der Waals surface area contributed by atoms with Crippen molar-refractivity contribution in [3.8, 4) is 0 Å². The minimum atomic E-state index is -1.30. The van der Waals surface area contributed by atoms with Crippen LogP contribution < -0.4 is 16.0 Å². The van der Waals surface area contributed by atoms with E-state index in [9.17, 15) is 24.3 Å². The molecule has 43 heavy (non-hydrogen) atoms. The lowest BCUT2D eigenvalue weighted by atomic mass is 10.1. The molecule has 3 amide bonds. The van der Waals surface area contributed by atoms with Crippen LogP contribution in [0, 0.1) is 0 Å². The number of rotatable bonds is 14. The summed E-state index contributed by atoms with van der Waals surface area (Å²) in [5.74, 6) is -1.63. The van der Waals surface area contributed by atoms with Crippen molar-refractivity contribution < 1.29 is 33.8 Å². The molecule has 0 saturated carbocycles. The second-order valence-corrected chi connectivity index (χ2v) is 10.0. The van der Waals surface area contributed by atoms with E-state index in [4.69, 9.17) is 9.47 Å². The Balaban J connectivity index is 1.26. The van der Waals surface area contributed by atoms with Crippen molar-refractivity contribution in [3.05, 3.63) is 96.2 Å². The van der Waals surface area contributed by atoms with E-state index in [0.717, 1.165) is 11.1 Å². The monoisotopic (exact) mass is 589 g/mol. The van der Waals surface area contributed by atoms with Crippen LogP contribution in [0.4, 0.5) is 10.6 Å². The summed E-state index contributed by atoms with van der Waals surface area (Å²) in [5.41, 5.74) is 1.60. The first kappa shape index (κ1) is 31.0. The highest BCUT2D eigenvalue weighted by Crippen LogP contribution is 2.22. The number of nitrogens with one attached hydrogen (secondary N) is 3. The molecule has 1 fully saturated rings. The van der Waals surface area contributed by atoms with Crippen molar-refractivity contribution >= 4 is 29.7 Å². The van der Waals surface area contributed by atoms with Crippen LogP contribution in [-0.2, 0) is 36.9 Å². The van der Waals surface area contributed by atoms with E-state index < -0.39 is 36.0 Å². The van der Waals surface area contributed by atoms with Gasteiger partial charge in [0.1, 0.15) is 25.1 Å². The molecule has 0 aliphatic carbocycles. The summed E-state index contributed by atoms with van der Waals surface area (Å²) in [5, 5.41) is 17.7. The number of pyridine rings is 1. The molecule has 1 saturated heterocycles. The average molecular weight is 590 g/mol. The van der Waals surface area contributed by atoms with Gasteiger partial charge in [0.2, 0.25) is 11.8 Å². The number of carboxylic acid groups (broad SMARTS) is 1. The molecule has 0 bridgehead atoms. The third-order valence-electron chi connectivity index (χ3n) is 6.79. The van der Waals surface area contributed by atoms with Gasteiger partial charge in [-0.15, -0.1) is 0 Å². The molecule has 3 aromatic rings.